The summed E-state index contributed by atoms with van der Waals surface area (Å²) in [5.41, 5.74) is 2.33. The van der Waals surface area contributed by atoms with Gasteiger partial charge in [0.15, 0.2) is 0 Å². The topological polar surface area (TPSA) is 62.8 Å². The zero-order chi connectivity index (χ0) is 16.6. The molecule has 0 aliphatic carbocycles. The van der Waals surface area contributed by atoms with Crippen molar-refractivity contribution in [3.8, 4) is 5.75 Å². The van der Waals surface area contributed by atoms with E-state index >= 15 is 0 Å². The molecule has 1 rings (SSSR count). The van der Waals surface area contributed by atoms with Crippen molar-refractivity contribution in [1.29, 1.82) is 0 Å². The molecule has 1 aromatic carbocycles. The first-order valence-electron chi connectivity index (χ1n) is 6.22. The smallest absolute Gasteiger partial charge is 0.444 e. The van der Waals surface area contributed by atoms with Gasteiger partial charge in [-0.1, -0.05) is 42.2 Å². The number of nitrogens with zero attached hydrogens (tertiary/aromatic N) is 1. The number of benzene rings is 1. The number of hydroxylamine groups is 1. The van der Waals surface area contributed by atoms with Gasteiger partial charge in [-0.25, -0.2) is 19.3 Å². The van der Waals surface area contributed by atoms with Crippen molar-refractivity contribution in [1.82, 2.24) is 14.5 Å². The predicted molar refractivity (Wildman–Crippen MR) is 98.5 cm³/mol. The largest absolute Gasteiger partial charge is 0.466 e. The fourth-order valence-electron chi connectivity index (χ4n) is 1.20. The first-order valence-corrected chi connectivity index (χ1v) is 10.8. The highest BCUT2D eigenvalue weighted by Crippen LogP contribution is 2.42. The molecule has 0 bridgehead atoms. The second kappa shape index (κ2) is 9.32. The quantitative estimate of drug-likeness (QED) is 0.338. The third kappa shape index (κ3) is 7.95. The lowest BCUT2D eigenvalue weighted by Crippen LogP contribution is -2.31. The van der Waals surface area contributed by atoms with Crippen molar-refractivity contribution in [2.24, 2.45) is 0 Å². The monoisotopic (exact) mass is 379 g/mol. The minimum Gasteiger partial charge on any atom is -0.466 e. The average molecular weight is 379 g/mol. The van der Waals surface area contributed by atoms with Crippen LogP contribution in [0.2, 0.25) is 0 Å². The van der Waals surface area contributed by atoms with Gasteiger partial charge in [0.1, 0.15) is 17.0 Å². The Hall–Kier alpha value is -0.860. The molecular weight excluding hydrogens is 361 g/mol. The Balaban J connectivity index is 2.34. The number of hydrogen-bond acceptors (Lipinski definition) is 7. The zero-order valence-electron chi connectivity index (χ0n) is 12.4. The van der Waals surface area contributed by atoms with Crippen molar-refractivity contribution >= 4 is 53.5 Å². The van der Waals surface area contributed by atoms with Crippen LogP contribution in [0.1, 0.15) is 6.92 Å². The molecule has 1 amide bonds. The van der Waals surface area contributed by atoms with E-state index in [-0.39, 0.29) is 0 Å². The van der Waals surface area contributed by atoms with Crippen molar-refractivity contribution in [2.75, 3.05) is 20.0 Å². The van der Waals surface area contributed by atoms with E-state index in [1.807, 2.05) is 37.0 Å². The van der Waals surface area contributed by atoms with Gasteiger partial charge >= 0.3 is 6.09 Å². The Labute approximate surface area is 145 Å². The number of hydrogen-bond donors (Lipinski definition) is 2. The fraction of sp³-hybridized carbons (Fsp3) is 0.333. The average Bonchev–Trinajstić information content (AvgIpc) is 2.44. The maximum absolute atomic E-state index is 11.6. The zero-order valence-corrected chi connectivity index (χ0v) is 15.8. The van der Waals surface area contributed by atoms with Gasteiger partial charge in [0.2, 0.25) is 0 Å². The van der Waals surface area contributed by atoms with Gasteiger partial charge in [0, 0.05) is 19.2 Å². The summed E-state index contributed by atoms with van der Waals surface area (Å²) in [6.07, 6.45) is -2.16. The SMILES string of the molecule is CC(=S)NOC(=O)N(C)SNCP(C)(=S)Oc1ccccc1. The third-order valence-electron chi connectivity index (χ3n) is 2.13. The van der Waals surface area contributed by atoms with Crippen LogP contribution >= 0.6 is 30.6 Å². The lowest BCUT2D eigenvalue weighted by Gasteiger charge is -2.21. The van der Waals surface area contributed by atoms with Crippen molar-refractivity contribution < 1.29 is 14.2 Å². The molecule has 0 fully saturated rings. The molecule has 0 radical (unpaired) electrons. The molecule has 1 aromatic rings. The van der Waals surface area contributed by atoms with E-state index in [0.29, 0.717) is 11.3 Å². The molecular formula is C12H18N3O3PS3. The molecule has 122 valence electrons. The first-order chi connectivity index (χ1) is 10.3. The Morgan fingerprint density at radius 3 is 2.64 bits per heavy atom. The van der Waals surface area contributed by atoms with Crippen LogP contribution in [0.25, 0.3) is 0 Å². The van der Waals surface area contributed by atoms with E-state index in [9.17, 15) is 4.79 Å². The van der Waals surface area contributed by atoms with E-state index in [4.69, 9.17) is 33.4 Å². The van der Waals surface area contributed by atoms with Gasteiger partial charge in [0.05, 0.1) is 6.29 Å². The summed E-state index contributed by atoms with van der Waals surface area (Å²) in [6.45, 7) is 3.50. The summed E-state index contributed by atoms with van der Waals surface area (Å²) in [6, 6.07) is 9.42. The van der Waals surface area contributed by atoms with E-state index in [1.165, 1.54) is 4.31 Å². The van der Waals surface area contributed by atoms with Crippen LogP contribution in [0.4, 0.5) is 4.79 Å². The van der Waals surface area contributed by atoms with Crippen LogP contribution in [-0.4, -0.2) is 35.4 Å². The number of nitrogens with one attached hydrogen (secondary N) is 2. The van der Waals surface area contributed by atoms with Gasteiger partial charge < -0.3 is 9.36 Å². The maximum atomic E-state index is 11.6. The first kappa shape index (κ1) is 19.2. The summed E-state index contributed by atoms with van der Waals surface area (Å²) in [4.78, 5) is 16.7. The standard InChI is InChI=1S/C12H18N3O3PS3/c1-10(20)14-17-12(16)15(2)22-13-9-19(3,21)18-11-7-5-4-6-8-11/h4-8,13H,9H2,1-3H3,(H,14,20). The molecule has 0 heterocycles. The minimum absolute atomic E-state index is 0.375. The van der Waals surface area contributed by atoms with Crippen LogP contribution in [0.5, 0.6) is 5.75 Å². The molecule has 0 aromatic heterocycles. The second-order valence-corrected chi connectivity index (χ2v) is 10.8. The molecule has 1 unspecified atom stereocenters. The van der Waals surface area contributed by atoms with Crippen molar-refractivity contribution in [3.05, 3.63) is 30.3 Å². The number of rotatable bonds is 6. The minimum atomic E-state index is -2.05. The highest BCUT2D eigenvalue weighted by Gasteiger charge is 2.15. The molecule has 22 heavy (non-hydrogen) atoms. The van der Waals surface area contributed by atoms with Gasteiger partial charge in [-0.15, -0.1) is 0 Å². The van der Waals surface area contributed by atoms with E-state index < -0.39 is 12.4 Å². The van der Waals surface area contributed by atoms with E-state index in [1.54, 1.807) is 14.0 Å². The molecule has 10 heteroatoms. The summed E-state index contributed by atoms with van der Waals surface area (Å²) in [7, 11) is 1.57. The number of thiocarbonyl (C=S) groups is 1. The maximum Gasteiger partial charge on any atom is 0.444 e. The number of para-hydroxylation sites is 1. The van der Waals surface area contributed by atoms with E-state index in [2.05, 4.69) is 10.2 Å². The molecule has 1 atom stereocenters. The lowest BCUT2D eigenvalue weighted by molar-refractivity contribution is 0.108. The number of amides is 1. The molecule has 0 saturated heterocycles. The molecule has 0 spiro atoms. The fourth-order valence-corrected chi connectivity index (χ4v) is 4.08. The summed E-state index contributed by atoms with van der Waals surface area (Å²) in [5, 5.41) is 0. The lowest BCUT2D eigenvalue weighted by atomic mass is 10.3. The van der Waals surface area contributed by atoms with Crippen LogP contribution in [0, 0.1) is 0 Å². The second-order valence-electron chi connectivity index (χ2n) is 4.34. The molecule has 0 aliphatic rings. The van der Waals surface area contributed by atoms with Crippen LogP contribution in [0.3, 0.4) is 0 Å². The Kier molecular flexibility index (Phi) is 8.13. The van der Waals surface area contributed by atoms with Crippen molar-refractivity contribution in [2.45, 2.75) is 6.92 Å². The van der Waals surface area contributed by atoms with Crippen LogP contribution in [-0.2, 0) is 16.6 Å². The number of carbonyl (C=O) groups is 1. The number of carbonyl (C=O) groups excluding carboxylic acids is 1. The van der Waals surface area contributed by atoms with Gasteiger partial charge in [0.25, 0.3) is 0 Å². The highest BCUT2D eigenvalue weighted by molar-refractivity contribution is 8.12. The predicted octanol–water partition coefficient (Wildman–Crippen LogP) is 3.12. The summed E-state index contributed by atoms with van der Waals surface area (Å²) < 4.78 is 10.1. The van der Waals surface area contributed by atoms with Gasteiger partial charge in [-0.2, -0.15) is 0 Å². The normalized spacial score (nSPS) is 12.9. The summed E-state index contributed by atoms with van der Waals surface area (Å²) >= 11 is 11.3. The third-order valence-corrected chi connectivity index (χ3v) is 5.07. The molecule has 0 saturated carbocycles. The van der Waals surface area contributed by atoms with E-state index in [0.717, 1.165) is 17.9 Å². The van der Waals surface area contributed by atoms with Gasteiger partial charge in [-0.3, -0.25) is 0 Å². The Bertz CT molecular complexity index is 559. The molecule has 0 aliphatic heterocycles. The summed E-state index contributed by atoms with van der Waals surface area (Å²) in [5.74, 6) is 0.744. The van der Waals surface area contributed by atoms with Crippen molar-refractivity contribution in [3.63, 3.8) is 0 Å². The van der Waals surface area contributed by atoms with Crippen LogP contribution < -0.4 is 14.7 Å². The van der Waals surface area contributed by atoms with Crippen LogP contribution in [0.15, 0.2) is 30.3 Å². The Morgan fingerprint density at radius 2 is 2.05 bits per heavy atom. The Morgan fingerprint density at radius 1 is 1.41 bits per heavy atom. The molecule has 2 N–H and O–H groups in total. The van der Waals surface area contributed by atoms with Gasteiger partial charge in [-0.05, 0) is 25.7 Å². The molecule has 6 nitrogen and oxygen atoms in total. The highest BCUT2D eigenvalue weighted by atomic mass is 32.4.